The van der Waals surface area contributed by atoms with Gasteiger partial charge in [0.1, 0.15) is 12.1 Å². The molecule has 0 bridgehead atoms. The summed E-state index contributed by atoms with van der Waals surface area (Å²) in [4.78, 5) is 34.7. The molecule has 0 N–H and O–H groups in total. The molecule has 2 aliphatic rings. The van der Waals surface area contributed by atoms with Gasteiger partial charge in [-0.2, -0.15) is 0 Å². The molecule has 2 fully saturated rings. The van der Waals surface area contributed by atoms with Gasteiger partial charge in [0.25, 0.3) is 0 Å². The Labute approximate surface area is 247 Å². The molecule has 6 rings (SSSR count). The lowest BCUT2D eigenvalue weighted by atomic mass is 9.87. The highest BCUT2D eigenvalue weighted by molar-refractivity contribution is 5.94. The highest BCUT2D eigenvalue weighted by Crippen LogP contribution is 2.44. The number of rotatable bonds is 5. The maximum atomic E-state index is 13.8. The first kappa shape index (κ1) is 27.1. The number of likely N-dealkylation sites (N-methyl/N-ethyl adjacent to an activating group) is 4. The van der Waals surface area contributed by atoms with Gasteiger partial charge in [-0.05, 0) is 22.3 Å². The molecule has 4 aromatic rings. The normalized spacial score (nSPS) is 18.8. The van der Waals surface area contributed by atoms with Crippen molar-refractivity contribution in [1.82, 2.24) is 19.6 Å². The van der Waals surface area contributed by atoms with E-state index in [-0.39, 0.29) is 12.1 Å². The number of benzene rings is 4. The average Bonchev–Trinajstić information content (AvgIpc) is 3.38. The third kappa shape index (κ3) is 4.45. The summed E-state index contributed by atoms with van der Waals surface area (Å²) >= 11 is 0. The molecule has 4 amide bonds. The molecule has 2 atom stereocenters. The first-order valence-electron chi connectivity index (χ1n) is 14.1. The van der Waals surface area contributed by atoms with Gasteiger partial charge in [-0.25, -0.2) is 9.59 Å². The Morgan fingerprint density at radius 3 is 0.905 bits per heavy atom. The Hall–Kier alpha value is -5.10. The highest BCUT2D eigenvalue weighted by Gasteiger charge is 2.52. The Morgan fingerprint density at radius 1 is 0.429 bits per heavy atom. The number of amides is 4. The zero-order valence-electron chi connectivity index (χ0n) is 24.3. The van der Waals surface area contributed by atoms with E-state index in [1.807, 2.05) is 101 Å². The number of hydrogen-bond donors (Lipinski definition) is 0. The molecule has 2 saturated heterocycles. The van der Waals surface area contributed by atoms with Gasteiger partial charge in [0.15, 0.2) is 0 Å². The molecule has 210 valence electrons. The molecule has 2 aliphatic heterocycles. The molecular weight excluding hydrogens is 520 g/mol. The monoisotopic (exact) mass is 554 g/mol. The number of carbonyl (C=O) groups is 2. The largest absolute Gasteiger partial charge is 0.324 e. The van der Waals surface area contributed by atoms with Crippen molar-refractivity contribution in [2.24, 2.45) is 0 Å². The predicted octanol–water partition coefficient (Wildman–Crippen LogP) is 6.64. The molecule has 0 radical (unpaired) electrons. The van der Waals surface area contributed by atoms with E-state index in [2.05, 4.69) is 48.5 Å². The fraction of sp³-hybridized carbons (Fsp3) is 0.167. The fourth-order valence-corrected chi connectivity index (χ4v) is 6.38. The fourth-order valence-electron chi connectivity index (χ4n) is 6.38. The molecule has 0 saturated carbocycles. The van der Waals surface area contributed by atoms with Gasteiger partial charge in [-0.1, -0.05) is 121 Å². The first-order chi connectivity index (χ1) is 20.4. The molecular formula is C36H34N4O2. The minimum absolute atomic E-state index is 0.116. The third-order valence-electron chi connectivity index (χ3n) is 8.36. The number of hydrogen-bond acceptors (Lipinski definition) is 2. The zero-order valence-corrected chi connectivity index (χ0v) is 24.3. The number of nitrogens with zero attached hydrogens (tertiary/aromatic N) is 4. The Kier molecular flexibility index (Phi) is 7.13. The summed E-state index contributed by atoms with van der Waals surface area (Å²) in [6, 6.07) is 39.6. The first-order valence-corrected chi connectivity index (χ1v) is 14.1. The quantitative estimate of drug-likeness (QED) is 0.278. The van der Waals surface area contributed by atoms with Gasteiger partial charge in [-0.15, -0.1) is 0 Å². The summed E-state index contributed by atoms with van der Waals surface area (Å²) in [6.45, 7) is 0. The van der Waals surface area contributed by atoms with Crippen molar-refractivity contribution >= 4 is 23.2 Å². The van der Waals surface area contributed by atoms with Crippen LogP contribution in [0.1, 0.15) is 22.3 Å². The highest BCUT2D eigenvalue weighted by atomic mass is 16.2. The van der Waals surface area contributed by atoms with Gasteiger partial charge in [0, 0.05) is 39.3 Å². The van der Waals surface area contributed by atoms with Crippen molar-refractivity contribution in [3.63, 3.8) is 0 Å². The van der Waals surface area contributed by atoms with E-state index >= 15 is 0 Å². The number of carbonyl (C=O) groups excluding carboxylic acids is 2. The molecule has 2 heterocycles. The zero-order chi connectivity index (χ0) is 29.4. The molecule has 42 heavy (non-hydrogen) atoms. The molecule has 4 aromatic carbocycles. The standard InChI is InChI=1S/C36H34N4O2/c1-37-31(29(25-17-9-5-10-18-25)26-19-11-6-12-20-26)33(39(3)35(37)41)34-32(38(2)36(42)40(34)4)30(27-21-13-7-14-22-27)28-23-15-8-16-24-28/h5-24,33-34H,1-4H3. The van der Waals surface area contributed by atoms with Gasteiger partial charge < -0.3 is 9.80 Å². The van der Waals surface area contributed by atoms with Gasteiger partial charge in [0.05, 0.1) is 11.4 Å². The molecule has 0 aromatic heterocycles. The molecule has 6 heteroatoms. The lowest BCUT2D eigenvalue weighted by molar-refractivity contribution is 0.180. The van der Waals surface area contributed by atoms with Gasteiger partial charge in [0.2, 0.25) is 0 Å². The van der Waals surface area contributed by atoms with Crippen molar-refractivity contribution < 1.29 is 9.59 Å². The van der Waals surface area contributed by atoms with Gasteiger partial charge >= 0.3 is 12.1 Å². The van der Waals surface area contributed by atoms with E-state index < -0.39 is 12.1 Å². The smallest absolute Gasteiger partial charge is 0.316 e. The molecule has 6 nitrogen and oxygen atoms in total. The Bertz CT molecular complexity index is 1460. The van der Waals surface area contributed by atoms with Crippen LogP contribution in [0.15, 0.2) is 133 Å². The second-order valence-corrected chi connectivity index (χ2v) is 10.8. The van der Waals surface area contributed by atoms with Crippen LogP contribution in [0.4, 0.5) is 9.59 Å². The lowest BCUT2D eigenvalue weighted by Gasteiger charge is -2.33. The minimum atomic E-state index is -0.450. The van der Waals surface area contributed by atoms with Crippen molar-refractivity contribution in [3.8, 4) is 0 Å². The summed E-state index contributed by atoms with van der Waals surface area (Å²) in [5.74, 6) is 0. The summed E-state index contributed by atoms with van der Waals surface area (Å²) in [5, 5.41) is 0. The van der Waals surface area contributed by atoms with E-state index in [0.29, 0.717) is 0 Å². The lowest BCUT2D eigenvalue weighted by Crippen LogP contribution is -2.46. The number of urea groups is 2. The van der Waals surface area contributed by atoms with Gasteiger partial charge in [-0.3, -0.25) is 9.80 Å². The predicted molar refractivity (Wildman–Crippen MR) is 167 cm³/mol. The molecule has 0 aliphatic carbocycles. The van der Waals surface area contributed by atoms with Crippen LogP contribution in [-0.2, 0) is 0 Å². The van der Waals surface area contributed by atoms with Crippen LogP contribution >= 0.6 is 0 Å². The summed E-state index contributed by atoms with van der Waals surface area (Å²) in [7, 11) is 7.34. The topological polar surface area (TPSA) is 47.1 Å². The van der Waals surface area contributed by atoms with Crippen LogP contribution in [0.3, 0.4) is 0 Å². The average molecular weight is 555 g/mol. The summed E-state index contributed by atoms with van der Waals surface area (Å²) in [5.41, 5.74) is 7.70. The Morgan fingerprint density at radius 2 is 0.667 bits per heavy atom. The van der Waals surface area contributed by atoms with Crippen molar-refractivity contribution in [1.29, 1.82) is 0 Å². The van der Waals surface area contributed by atoms with E-state index in [9.17, 15) is 9.59 Å². The Balaban J connectivity index is 1.68. The van der Waals surface area contributed by atoms with E-state index in [4.69, 9.17) is 0 Å². The van der Waals surface area contributed by atoms with Crippen molar-refractivity contribution in [2.75, 3.05) is 28.2 Å². The molecule has 2 unspecified atom stereocenters. The van der Waals surface area contributed by atoms with Crippen LogP contribution in [0.5, 0.6) is 0 Å². The van der Waals surface area contributed by atoms with E-state index in [1.54, 1.807) is 19.6 Å². The summed E-state index contributed by atoms with van der Waals surface area (Å²) in [6.07, 6.45) is 0. The van der Waals surface area contributed by atoms with Crippen molar-refractivity contribution in [3.05, 3.63) is 155 Å². The minimum Gasteiger partial charge on any atom is -0.316 e. The van der Waals surface area contributed by atoms with Crippen LogP contribution in [-0.4, -0.2) is 71.9 Å². The van der Waals surface area contributed by atoms with Crippen LogP contribution in [0.2, 0.25) is 0 Å². The van der Waals surface area contributed by atoms with Crippen LogP contribution < -0.4 is 0 Å². The SMILES string of the molecule is CN1C(=O)N(C)C(C2C(=C(c3ccccc3)c3ccccc3)N(C)C(=O)N2C)C1=C(c1ccccc1)c1ccccc1. The second-order valence-electron chi connectivity index (χ2n) is 10.8. The van der Waals surface area contributed by atoms with E-state index in [0.717, 1.165) is 44.8 Å². The maximum absolute atomic E-state index is 13.8. The van der Waals surface area contributed by atoms with E-state index in [1.165, 1.54) is 0 Å². The van der Waals surface area contributed by atoms with Crippen LogP contribution in [0, 0.1) is 0 Å². The summed E-state index contributed by atoms with van der Waals surface area (Å²) < 4.78 is 0. The van der Waals surface area contributed by atoms with Crippen molar-refractivity contribution in [2.45, 2.75) is 12.1 Å². The molecule has 0 spiro atoms. The second kappa shape index (κ2) is 11.1. The third-order valence-corrected chi connectivity index (χ3v) is 8.36. The van der Waals surface area contributed by atoms with Crippen LogP contribution in [0.25, 0.3) is 11.1 Å². The maximum Gasteiger partial charge on any atom is 0.324 e.